The zero-order chi connectivity index (χ0) is 20.8. The van der Waals surface area contributed by atoms with Crippen molar-refractivity contribution in [2.75, 3.05) is 0 Å². The maximum absolute atomic E-state index is 13.5. The third-order valence-electron chi connectivity index (χ3n) is 8.91. The molecule has 4 N–H and O–H groups in total. The molecule has 1 saturated heterocycles. The predicted octanol–water partition coefficient (Wildman–Crippen LogP) is 1.34. The van der Waals surface area contributed by atoms with E-state index in [-0.39, 0.29) is 6.42 Å². The molecule has 6 heteroatoms. The van der Waals surface area contributed by atoms with E-state index in [9.17, 15) is 25.2 Å². The van der Waals surface area contributed by atoms with Crippen molar-refractivity contribution in [3.8, 4) is 0 Å². The van der Waals surface area contributed by atoms with Gasteiger partial charge in [-0.25, -0.2) is 0 Å². The van der Waals surface area contributed by atoms with E-state index in [1.807, 2.05) is 13.8 Å². The molecule has 3 fully saturated rings. The summed E-state index contributed by atoms with van der Waals surface area (Å²) >= 11 is 0. The molecule has 154 valence electrons. The van der Waals surface area contributed by atoms with Crippen LogP contribution in [0.1, 0.15) is 60.8 Å². The fourth-order valence-corrected chi connectivity index (χ4v) is 6.55. The van der Waals surface area contributed by atoms with E-state index in [1.54, 1.807) is 20.8 Å². The third kappa shape index (κ3) is 1.96. The summed E-state index contributed by atoms with van der Waals surface area (Å²) in [6, 6.07) is 0. The molecule has 0 amide bonds. The summed E-state index contributed by atoms with van der Waals surface area (Å²) in [7, 11) is 0. The summed E-state index contributed by atoms with van der Waals surface area (Å²) in [6.07, 6.45) is -1.53. The standard InChI is InChI=1S/C21H34O6/c1-8-17(4)11-13(23)21(26)18(5)12(22)9-10-16(2,3)19(18,6)14(24)15(25)20(21,7)27-17/h8,12,14-15,22,24-26H,1,9-11H2,2-7H3/t12-,14+,15-,17-,18-,19-,20+,21-/m0/s1. The van der Waals surface area contributed by atoms with Crippen molar-refractivity contribution in [3.63, 3.8) is 0 Å². The van der Waals surface area contributed by atoms with E-state index in [4.69, 9.17) is 4.74 Å². The number of ketones is 1. The van der Waals surface area contributed by atoms with Crippen LogP contribution in [0.25, 0.3) is 0 Å². The largest absolute Gasteiger partial charge is 0.392 e. The molecule has 3 aliphatic rings. The minimum Gasteiger partial charge on any atom is -0.392 e. The number of hydrogen-bond acceptors (Lipinski definition) is 6. The first-order valence-electron chi connectivity index (χ1n) is 9.73. The Morgan fingerprint density at radius 3 is 2.11 bits per heavy atom. The van der Waals surface area contributed by atoms with Gasteiger partial charge in [-0.15, -0.1) is 6.58 Å². The molecular formula is C21H34O6. The Kier molecular flexibility index (Phi) is 4.20. The van der Waals surface area contributed by atoms with Gasteiger partial charge < -0.3 is 25.2 Å². The Hall–Kier alpha value is -0.790. The minimum atomic E-state index is -2.17. The number of ether oxygens (including phenoxy) is 1. The summed E-state index contributed by atoms with van der Waals surface area (Å²) in [5, 5.41) is 45.6. The summed E-state index contributed by atoms with van der Waals surface area (Å²) in [6.45, 7) is 14.2. The topological polar surface area (TPSA) is 107 Å². The lowest BCUT2D eigenvalue weighted by Crippen LogP contribution is -2.89. The van der Waals surface area contributed by atoms with Crippen molar-refractivity contribution in [2.45, 2.75) is 95.9 Å². The Balaban J connectivity index is 2.36. The molecule has 0 bridgehead atoms. The highest BCUT2D eigenvalue weighted by atomic mass is 16.6. The fourth-order valence-electron chi connectivity index (χ4n) is 6.55. The van der Waals surface area contributed by atoms with Crippen LogP contribution in [0.15, 0.2) is 12.7 Å². The van der Waals surface area contributed by atoms with Gasteiger partial charge in [-0.3, -0.25) is 4.79 Å². The molecule has 1 heterocycles. The summed E-state index contributed by atoms with van der Waals surface area (Å²) in [5.41, 5.74) is -8.16. The molecule has 0 radical (unpaired) electrons. The first kappa shape index (κ1) is 20.9. The maximum Gasteiger partial charge on any atom is 0.171 e. The number of carbonyl (C=O) groups is 1. The summed E-state index contributed by atoms with van der Waals surface area (Å²) in [4.78, 5) is 13.5. The van der Waals surface area contributed by atoms with E-state index >= 15 is 0 Å². The maximum atomic E-state index is 13.5. The van der Waals surface area contributed by atoms with Gasteiger partial charge in [0, 0.05) is 17.3 Å². The predicted molar refractivity (Wildman–Crippen MR) is 99.9 cm³/mol. The highest BCUT2D eigenvalue weighted by Crippen LogP contribution is 2.72. The molecule has 6 nitrogen and oxygen atoms in total. The van der Waals surface area contributed by atoms with Crippen LogP contribution in [-0.2, 0) is 9.53 Å². The number of fused-ring (bicyclic) bond motifs is 3. The molecule has 1 aliphatic heterocycles. The third-order valence-corrected chi connectivity index (χ3v) is 8.91. The molecule has 0 aromatic heterocycles. The van der Waals surface area contributed by atoms with Crippen molar-refractivity contribution in [1.82, 2.24) is 0 Å². The fraction of sp³-hybridized carbons (Fsp3) is 0.857. The van der Waals surface area contributed by atoms with Gasteiger partial charge in [0.2, 0.25) is 0 Å². The van der Waals surface area contributed by atoms with Crippen LogP contribution < -0.4 is 0 Å². The first-order valence-corrected chi connectivity index (χ1v) is 9.73. The van der Waals surface area contributed by atoms with Crippen LogP contribution in [-0.4, -0.2) is 61.3 Å². The van der Waals surface area contributed by atoms with Crippen LogP contribution in [0.3, 0.4) is 0 Å². The highest BCUT2D eigenvalue weighted by Gasteiger charge is 2.84. The first-order chi connectivity index (χ1) is 12.1. The molecule has 3 rings (SSSR count). The number of aliphatic hydroxyl groups excluding tert-OH is 3. The molecule has 2 saturated carbocycles. The zero-order valence-corrected chi connectivity index (χ0v) is 17.2. The highest BCUT2D eigenvalue weighted by molar-refractivity contribution is 5.92. The van der Waals surface area contributed by atoms with Crippen LogP contribution in [0.5, 0.6) is 0 Å². The number of aliphatic hydroxyl groups is 4. The van der Waals surface area contributed by atoms with E-state index in [1.165, 1.54) is 13.0 Å². The van der Waals surface area contributed by atoms with Crippen LogP contribution in [0, 0.1) is 16.2 Å². The van der Waals surface area contributed by atoms with Crippen molar-refractivity contribution < 1.29 is 30.0 Å². The van der Waals surface area contributed by atoms with Gasteiger partial charge in [0.1, 0.15) is 11.7 Å². The van der Waals surface area contributed by atoms with Crippen LogP contribution in [0.4, 0.5) is 0 Å². The number of carbonyl (C=O) groups excluding carboxylic acids is 1. The van der Waals surface area contributed by atoms with Gasteiger partial charge in [0.25, 0.3) is 0 Å². The molecule has 2 aliphatic carbocycles. The number of rotatable bonds is 1. The van der Waals surface area contributed by atoms with Crippen molar-refractivity contribution in [2.24, 2.45) is 16.2 Å². The minimum absolute atomic E-state index is 0.121. The second-order valence-electron chi connectivity index (χ2n) is 10.3. The molecule has 8 atom stereocenters. The van der Waals surface area contributed by atoms with Crippen molar-refractivity contribution in [3.05, 3.63) is 12.7 Å². The average Bonchev–Trinajstić information content (AvgIpc) is 2.59. The molecule has 0 aromatic rings. The number of Topliss-reactive ketones (excluding diaryl/α,β-unsaturated/α-hetero) is 1. The normalized spacial score (nSPS) is 57.6. The lowest BCUT2D eigenvalue weighted by molar-refractivity contribution is -0.395. The summed E-state index contributed by atoms with van der Waals surface area (Å²) < 4.78 is 6.14. The SMILES string of the molecule is C=C[C@@]1(C)CC(=O)[C@]2(O)[C@@]3(C)[C@@H](O)CCC(C)(C)[C@]3(C)[C@H](O)[C@H](O)[C@@]2(C)O1. The second-order valence-corrected chi connectivity index (χ2v) is 10.3. The Bertz CT molecular complexity index is 690. The molecular weight excluding hydrogens is 348 g/mol. The van der Waals surface area contributed by atoms with E-state index in [2.05, 4.69) is 6.58 Å². The van der Waals surface area contributed by atoms with E-state index in [0.29, 0.717) is 12.8 Å². The van der Waals surface area contributed by atoms with Crippen LogP contribution >= 0.6 is 0 Å². The Morgan fingerprint density at radius 2 is 1.59 bits per heavy atom. The second kappa shape index (κ2) is 5.42. The Labute approximate surface area is 161 Å². The lowest BCUT2D eigenvalue weighted by atomic mass is 9.33. The molecule has 0 unspecified atom stereocenters. The number of hydrogen-bond donors (Lipinski definition) is 4. The molecule has 0 spiro atoms. The van der Waals surface area contributed by atoms with Gasteiger partial charge in [0.05, 0.1) is 17.8 Å². The van der Waals surface area contributed by atoms with Gasteiger partial charge >= 0.3 is 0 Å². The van der Waals surface area contributed by atoms with Crippen LogP contribution in [0.2, 0.25) is 0 Å². The van der Waals surface area contributed by atoms with Gasteiger partial charge in [-0.2, -0.15) is 0 Å². The smallest absolute Gasteiger partial charge is 0.171 e. The summed E-state index contributed by atoms with van der Waals surface area (Å²) in [5.74, 6) is -0.505. The van der Waals surface area contributed by atoms with Gasteiger partial charge in [-0.1, -0.05) is 33.8 Å². The zero-order valence-electron chi connectivity index (χ0n) is 17.2. The average molecular weight is 382 g/mol. The molecule has 27 heavy (non-hydrogen) atoms. The monoisotopic (exact) mass is 382 g/mol. The van der Waals surface area contributed by atoms with Crippen molar-refractivity contribution in [1.29, 1.82) is 0 Å². The Morgan fingerprint density at radius 1 is 1.04 bits per heavy atom. The quantitative estimate of drug-likeness (QED) is 0.510. The van der Waals surface area contributed by atoms with Gasteiger partial charge in [0.15, 0.2) is 11.4 Å². The van der Waals surface area contributed by atoms with E-state index in [0.717, 1.165) is 0 Å². The molecule has 0 aromatic carbocycles. The van der Waals surface area contributed by atoms with Gasteiger partial charge in [-0.05, 0) is 32.1 Å². The lowest BCUT2D eigenvalue weighted by Gasteiger charge is -2.75. The van der Waals surface area contributed by atoms with Crippen molar-refractivity contribution >= 4 is 5.78 Å². The van der Waals surface area contributed by atoms with E-state index < -0.39 is 57.1 Å².